The number of pyridine rings is 1. The fourth-order valence-electron chi connectivity index (χ4n) is 3.37. The third-order valence-corrected chi connectivity index (χ3v) is 5.02. The molecule has 1 aliphatic carbocycles. The van der Waals surface area contributed by atoms with Gasteiger partial charge in [0.1, 0.15) is 5.69 Å². The third-order valence-electron chi connectivity index (χ3n) is 5.02. The number of rotatable bonds is 8. The number of carbonyl (C=O) groups excluding carboxylic acids is 1. The summed E-state index contributed by atoms with van der Waals surface area (Å²) in [4.78, 5) is 27.4. The SMILES string of the molecule is Cc1cc(C(=O)N(C)CCc2ccncc2)nc(NCCC2=CCCCC2)n1. The maximum atomic E-state index is 12.8. The van der Waals surface area contributed by atoms with Gasteiger partial charge in [0.05, 0.1) is 0 Å². The minimum Gasteiger partial charge on any atom is -0.354 e. The first kappa shape index (κ1) is 20.0. The van der Waals surface area contributed by atoms with Crippen LogP contribution in [0.25, 0.3) is 0 Å². The van der Waals surface area contributed by atoms with Crippen LogP contribution in [0.3, 0.4) is 0 Å². The van der Waals surface area contributed by atoms with E-state index in [2.05, 4.69) is 26.3 Å². The van der Waals surface area contributed by atoms with Crippen molar-refractivity contribution in [3.63, 3.8) is 0 Å². The second-order valence-corrected chi connectivity index (χ2v) is 7.34. The standard InChI is InChI=1S/C22H29N5O/c1-17-16-20(21(28)27(2)15-11-19-8-12-23-13-9-19)26-22(25-17)24-14-10-18-6-4-3-5-7-18/h6,8-9,12-13,16H,3-5,7,10-11,14-15H2,1-2H3,(H,24,25,26). The van der Waals surface area contributed by atoms with E-state index in [1.807, 2.05) is 26.1 Å². The van der Waals surface area contributed by atoms with Crippen molar-refractivity contribution in [3.05, 3.63) is 59.2 Å². The summed E-state index contributed by atoms with van der Waals surface area (Å²) < 4.78 is 0. The van der Waals surface area contributed by atoms with Gasteiger partial charge in [-0.05, 0) is 69.2 Å². The molecule has 6 heteroatoms. The van der Waals surface area contributed by atoms with E-state index in [9.17, 15) is 4.79 Å². The first-order valence-electron chi connectivity index (χ1n) is 10.0. The molecule has 0 atom stereocenters. The lowest BCUT2D eigenvalue weighted by molar-refractivity contribution is 0.0790. The Labute approximate surface area is 167 Å². The van der Waals surface area contributed by atoms with Crippen LogP contribution in [0.1, 0.15) is 53.8 Å². The van der Waals surface area contributed by atoms with Crippen molar-refractivity contribution in [2.75, 3.05) is 25.5 Å². The Balaban J connectivity index is 1.56. The van der Waals surface area contributed by atoms with Crippen LogP contribution in [0.5, 0.6) is 0 Å². The van der Waals surface area contributed by atoms with Gasteiger partial charge < -0.3 is 10.2 Å². The Morgan fingerprint density at radius 1 is 1.18 bits per heavy atom. The van der Waals surface area contributed by atoms with Crippen molar-refractivity contribution in [2.45, 2.75) is 45.4 Å². The van der Waals surface area contributed by atoms with E-state index < -0.39 is 0 Å². The number of amides is 1. The number of allylic oxidation sites excluding steroid dienone is 1. The summed E-state index contributed by atoms with van der Waals surface area (Å²) in [6.45, 7) is 3.31. The average Bonchev–Trinajstić information content (AvgIpc) is 2.72. The van der Waals surface area contributed by atoms with Gasteiger partial charge >= 0.3 is 0 Å². The zero-order chi connectivity index (χ0) is 19.8. The highest BCUT2D eigenvalue weighted by Gasteiger charge is 2.15. The summed E-state index contributed by atoms with van der Waals surface area (Å²) in [7, 11) is 1.81. The molecule has 1 amide bonds. The van der Waals surface area contributed by atoms with Gasteiger partial charge in [0.2, 0.25) is 5.95 Å². The number of hydrogen-bond acceptors (Lipinski definition) is 5. The summed E-state index contributed by atoms with van der Waals surface area (Å²) >= 11 is 0. The topological polar surface area (TPSA) is 71.0 Å². The van der Waals surface area contributed by atoms with E-state index in [0.29, 0.717) is 18.2 Å². The van der Waals surface area contributed by atoms with E-state index >= 15 is 0 Å². The van der Waals surface area contributed by atoms with Crippen molar-refractivity contribution in [1.82, 2.24) is 19.9 Å². The first-order chi connectivity index (χ1) is 13.6. The second-order valence-electron chi connectivity index (χ2n) is 7.34. The minimum atomic E-state index is -0.0856. The van der Waals surface area contributed by atoms with Crippen molar-refractivity contribution in [2.24, 2.45) is 0 Å². The van der Waals surface area contributed by atoms with E-state index in [4.69, 9.17) is 0 Å². The highest BCUT2D eigenvalue weighted by atomic mass is 16.2. The lowest BCUT2D eigenvalue weighted by Crippen LogP contribution is -2.30. The van der Waals surface area contributed by atoms with E-state index in [1.165, 1.54) is 31.3 Å². The maximum Gasteiger partial charge on any atom is 0.272 e. The Kier molecular flexibility index (Phi) is 7.12. The Morgan fingerprint density at radius 3 is 2.75 bits per heavy atom. The molecule has 148 valence electrons. The Morgan fingerprint density at radius 2 is 2.00 bits per heavy atom. The normalized spacial score (nSPS) is 13.7. The van der Waals surface area contributed by atoms with Crippen LogP contribution < -0.4 is 5.32 Å². The van der Waals surface area contributed by atoms with Crippen molar-refractivity contribution >= 4 is 11.9 Å². The molecule has 0 aliphatic heterocycles. The monoisotopic (exact) mass is 379 g/mol. The van der Waals surface area contributed by atoms with Crippen LogP contribution in [0, 0.1) is 6.92 Å². The molecule has 0 saturated carbocycles. The summed E-state index contributed by atoms with van der Waals surface area (Å²) in [5.41, 5.74) is 3.90. The molecular weight excluding hydrogens is 350 g/mol. The van der Waals surface area contributed by atoms with Crippen molar-refractivity contribution in [3.8, 4) is 0 Å². The number of carbonyl (C=O) groups is 1. The minimum absolute atomic E-state index is 0.0856. The molecule has 3 rings (SSSR count). The van der Waals surface area contributed by atoms with Gasteiger partial charge in [-0.2, -0.15) is 0 Å². The predicted octanol–water partition coefficient (Wildman–Crippen LogP) is 3.80. The quantitative estimate of drug-likeness (QED) is 0.707. The first-order valence-corrected chi connectivity index (χ1v) is 10.0. The van der Waals surface area contributed by atoms with Crippen LogP contribution >= 0.6 is 0 Å². The molecule has 2 aromatic heterocycles. The fourth-order valence-corrected chi connectivity index (χ4v) is 3.37. The van der Waals surface area contributed by atoms with E-state index in [1.54, 1.807) is 23.4 Å². The highest BCUT2D eigenvalue weighted by Crippen LogP contribution is 2.20. The number of nitrogens with one attached hydrogen (secondary N) is 1. The second kappa shape index (κ2) is 9.97. The van der Waals surface area contributed by atoms with Crippen LogP contribution in [0.2, 0.25) is 0 Å². The molecule has 0 saturated heterocycles. The lowest BCUT2D eigenvalue weighted by Gasteiger charge is -2.17. The van der Waals surface area contributed by atoms with Crippen LogP contribution in [0.15, 0.2) is 42.2 Å². The molecule has 1 N–H and O–H groups in total. The third kappa shape index (κ3) is 5.87. The molecule has 1 aliphatic rings. The van der Waals surface area contributed by atoms with Crippen LogP contribution in [0.4, 0.5) is 5.95 Å². The van der Waals surface area contributed by atoms with Gasteiger partial charge in [-0.3, -0.25) is 9.78 Å². The molecule has 28 heavy (non-hydrogen) atoms. The molecule has 0 fully saturated rings. The molecule has 0 aromatic carbocycles. The molecule has 2 heterocycles. The van der Waals surface area contributed by atoms with Gasteiger partial charge in [0, 0.05) is 38.2 Å². The molecule has 2 aromatic rings. The maximum absolute atomic E-state index is 12.8. The van der Waals surface area contributed by atoms with Crippen LogP contribution in [-0.4, -0.2) is 45.9 Å². The smallest absolute Gasteiger partial charge is 0.272 e. The van der Waals surface area contributed by atoms with E-state index in [0.717, 1.165) is 30.6 Å². The number of aryl methyl sites for hydroxylation is 1. The van der Waals surface area contributed by atoms with Crippen molar-refractivity contribution < 1.29 is 4.79 Å². The van der Waals surface area contributed by atoms with Crippen molar-refractivity contribution in [1.29, 1.82) is 0 Å². The van der Waals surface area contributed by atoms with Gasteiger partial charge in [-0.1, -0.05) is 11.6 Å². The number of hydrogen-bond donors (Lipinski definition) is 1. The Bertz CT molecular complexity index is 819. The van der Waals surface area contributed by atoms with Crippen LogP contribution in [-0.2, 0) is 6.42 Å². The number of aromatic nitrogens is 3. The summed E-state index contributed by atoms with van der Waals surface area (Å²) in [6.07, 6.45) is 12.7. The van der Waals surface area contributed by atoms with Gasteiger partial charge in [0.25, 0.3) is 5.91 Å². The number of anilines is 1. The molecule has 0 spiro atoms. The molecule has 0 bridgehead atoms. The van der Waals surface area contributed by atoms with Gasteiger partial charge in [0.15, 0.2) is 0 Å². The number of nitrogens with zero attached hydrogens (tertiary/aromatic N) is 4. The largest absolute Gasteiger partial charge is 0.354 e. The molecule has 6 nitrogen and oxygen atoms in total. The number of likely N-dealkylation sites (N-methyl/N-ethyl adjacent to an activating group) is 1. The lowest BCUT2D eigenvalue weighted by atomic mass is 9.97. The summed E-state index contributed by atoms with van der Waals surface area (Å²) in [6, 6.07) is 5.69. The van der Waals surface area contributed by atoms with E-state index in [-0.39, 0.29) is 5.91 Å². The molecular formula is C22H29N5O. The zero-order valence-corrected chi connectivity index (χ0v) is 16.8. The van der Waals surface area contributed by atoms with Gasteiger partial charge in [-0.25, -0.2) is 9.97 Å². The van der Waals surface area contributed by atoms with Gasteiger partial charge in [-0.15, -0.1) is 0 Å². The summed E-state index contributed by atoms with van der Waals surface area (Å²) in [5, 5.41) is 3.28. The zero-order valence-electron chi connectivity index (χ0n) is 16.8. The Hall–Kier alpha value is -2.76. The summed E-state index contributed by atoms with van der Waals surface area (Å²) in [5.74, 6) is 0.444. The molecule has 0 unspecified atom stereocenters. The molecule has 0 radical (unpaired) electrons. The fraction of sp³-hybridized carbons (Fsp3) is 0.455. The highest BCUT2D eigenvalue weighted by molar-refractivity contribution is 5.92. The predicted molar refractivity (Wildman–Crippen MR) is 111 cm³/mol. The average molecular weight is 380 g/mol.